The number of likely N-dealkylation sites (tertiary alicyclic amines) is 1. The summed E-state index contributed by atoms with van der Waals surface area (Å²) < 4.78 is 35.4. The Morgan fingerprint density at radius 1 is 0.979 bits per heavy atom. The molecule has 1 saturated heterocycles. The Labute approximate surface area is 277 Å². The number of carbonyl (C=O) groups excluding carboxylic acids is 3. The molecule has 1 aromatic heterocycles. The molecule has 1 aliphatic heterocycles. The van der Waals surface area contributed by atoms with E-state index >= 15 is 0 Å². The number of hydrogen-bond donors (Lipinski definition) is 2. The Bertz CT molecular complexity index is 1330. The minimum Gasteiger partial charge on any atom is -0.452 e. The molecule has 2 aromatic rings. The summed E-state index contributed by atoms with van der Waals surface area (Å²) in [5.74, 6) is -0.261. The maximum absolute atomic E-state index is 14.1. The molecule has 0 unspecified atom stereocenters. The molecule has 260 valence electrons. The number of halogens is 1. The van der Waals surface area contributed by atoms with Crippen molar-refractivity contribution < 1.29 is 37.4 Å². The predicted molar refractivity (Wildman–Crippen MR) is 177 cm³/mol. The average molecular weight is 658 g/mol. The van der Waals surface area contributed by atoms with Crippen LogP contribution >= 0.6 is 0 Å². The number of anilines is 1. The number of amides is 2. The lowest BCUT2D eigenvalue weighted by molar-refractivity contribution is -0.142. The van der Waals surface area contributed by atoms with Crippen LogP contribution in [-0.4, -0.2) is 80.5 Å². The van der Waals surface area contributed by atoms with Crippen LogP contribution in [-0.2, 0) is 23.8 Å². The quantitative estimate of drug-likeness (QED) is 0.241. The van der Waals surface area contributed by atoms with Gasteiger partial charge in [0.1, 0.15) is 24.4 Å². The summed E-state index contributed by atoms with van der Waals surface area (Å²) in [5, 5.41) is 3.74. The van der Waals surface area contributed by atoms with Crippen molar-refractivity contribution in [2.75, 3.05) is 45.0 Å². The summed E-state index contributed by atoms with van der Waals surface area (Å²) in [6, 6.07) is 5.83. The van der Waals surface area contributed by atoms with Gasteiger partial charge in [0.2, 0.25) is 17.6 Å². The van der Waals surface area contributed by atoms with Crippen molar-refractivity contribution in [3.63, 3.8) is 0 Å². The van der Waals surface area contributed by atoms with Gasteiger partial charge in [-0.05, 0) is 88.0 Å². The number of rotatable bonds is 14. The standard InChI is InChI=1S/C36H52FN3O7/c1-3-44-21-28(22-45-4-2)46-36(43)32-19-26-18-27(14-15-31(26)47-32)39-34(41)33-29(23-8-6-5-7-9-23)16-17-40(33)35(42)25-12-10-24(11-13-25)30(38)20-37/h14-15,18-19,23-25,28-30,33H,3-13,16-17,20-22,38H2,1-2H3,(H,39,41)/t24?,25?,29-,30+,33-/m0/s1. The van der Waals surface area contributed by atoms with E-state index in [0.717, 1.165) is 44.9 Å². The van der Waals surface area contributed by atoms with Gasteiger partial charge < -0.3 is 34.6 Å². The number of ether oxygens (including phenoxy) is 3. The first-order valence-corrected chi connectivity index (χ1v) is 17.7. The molecule has 11 heteroatoms. The number of esters is 1. The van der Waals surface area contributed by atoms with E-state index in [0.29, 0.717) is 55.2 Å². The molecule has 3 atom stereocenters. The normalized spacial score (nSPS) is 24.5. The van der Waals surface area contributed by atoms with E-state index < -0.39 is 30.8 Å². The van der Waals surface area contributed by atoms with Crippen LogP contribution in [0.25, 0.3) is 11.0 Å². The van der Waals surface area contributed by atoms with Gasteiger partial charge in [-0.15, -0.1) is 0 Å². The average Bonchev–Trinajstić information content (AvgIpc) is 3.74. The van der Waals surface area contributed by atoms with Gasteiger partial charge in [0.15, 0.2) is 0 Å². The number of alkyl halides is 1. The van der Waals surface area contributed by atoms with Gasteiger partial charge in [0.25, 0.3) is 0 Å². The van der Waals surface area contributed by atoms with Gasteiger partial charge >= 0.3 is 5.97 Å². The maximum atomic E-state index is 14.1. The van der Waals surface area contributed by atoms with Crippen molar-refractivity contribution in [1.82, 2.24) is 4.90 Å². The number of carbonyl (C=O) groups is 3. The molecule has 0 radical (unpaired) electrons. The SMILES string of the molecule is CCOCC(COCC)OC(=O)c1cc2cc(NC(=O)[C@@H]3[C@H](C4CCCCC4)CCN3C(=O)C3CCC([C@H](N)CF)CC3)ccc2o1. The smallest absolute Gasteiger partial charge is 0.374 e. The molecule has 1 aromatic carbocycles. The van der Waals surface area contributed by atoms with Gasteiger partial charge in [0, 0.05) is 42.8 Å². The highest BCUT2D eigenvalue weighted by atomic mass is 19.1. The van der Waals surface area contributed by atoms with Crippen molar-refractivity contribution in [3.8, 4) is 0 Å². The van der Waals surface area contributed by atoms with Crippen molar-refractivity contribution in [1.29, 1.82) is 0 Å². The van der Waals surface area contributed by atoms with Crippen molar-refractivity contribution in [2.45, 2.75) is 96.2 Å². The zero-order valence-electron chi connectivity index (χ0n) is 27.9. The molecule has 2 heterocycles. The third kappa shape index (κ3) is 8.72. The van der Waals surface area contributed by atoms with Crippen LogP contribution in [0.3, 0.4) is 0 Å². The first kappa shape index (κ1) is 35.3. The van der Waals surface area contributed by atoms with Crippen LogP contribution in [0.4, 0.5) is 10.1 Å². The lowest BCUT2D eigenvalue weighted by Gasteiger charge is -2.36. The predicted octanol–water partition coefficient (Wildman–Crippen LogP) is 5.87. The highest BCUT2D eigenvalue weighted by Gasteiger charge is 2.47. The van der Waals surface area contributed by atoms with Crippen molar-refractivity contribution in [3.05, 3.63) is 30.0 Å². The molecule has 3 N–H and O–H groups in total. The van der Waals surface area contributed by atoms with E-state index in [4.69, 9.17) is 24.4 Å². The molecule has 10 nitrogen and oxygen atoms in total. The second kappa shape index (κ2) is 16.9. The fourth-order valence-electron chi connectivity index (χ4n) is 7.87. The van der Waals surface area contributed by atoms with E-state index in [1.165, 1.54) is 6.42 Å². The van der Waals surface area contributed by atoms with E-state index in [2.05, 4.69) is 5.32 Å². The highest BCUT2D eigenvalue weighted by molar-refractivity contribution is 6.00. The number of fused-ring (bicyclic) bond motifs is 1. The van der Waals surface area contributed by atoms with Gasteiger partial charge in [-0.3, -0.25) is 9.59 Å². The Hall–Kier alpha value is -3.02. The van der Waals surface area contributed by atoms with Crippen molar-refractivity contribution >= 4 is 34.4 Å². The largest absolute Gasteiger partial charge is 0.452 e. The van der Waals surface area contributed by atoms with Gasteiger partial charge in [-0.2, -0.15) is 0 Å². The topological polar surface area (TPSA) is 133 Å². The Balaban J connectivity index is 1.29. The summed E-state index contributed by atoms with van der Waals surface area (Å²) in [5.41, 5.74) is 7.02. The van der Waals surface area contributed by atoms with Crippen LogP contribution in [0.15, 0.2) is 28.7 Å². The highest BCUT2D eigenvalue weighted by Crippen LogP contribution is 2.41. The first-order valence-electron chi connectivity index (χ1n) is 17.7. The molecule has 5 rings (SSSR count). The van der Waals surface area contributed by atoms with Gasteiger partial charge in [-0.1, -0.05) is 32.1 Å². The maximum Gasteiger partial charge on any atom is 0.374 e. The lowest BCUT2D eigenvalue weighted by Crippen LogP contribution is -2.50. The monoisotopic (exact) mass is 657 g/mol. The van der Waals surface area contributed by atoms with E-state index in [1.54, 1.807) is 24.3 Å². The summed E-state index contributed by atoms with van der Waals surface area (Å²) in [7, 11) is 0. The van der Waals surface area contributed by atoms with E-state index in [9.17, 15) is 18.8 Å². The third-order valence-corrected chi connectivity index (χ3v) is 10.4. The lowest BCUT2D eigenvalue weighted by atomic mass is 9.76. The van der Waals surface area contributed by atoms with E-state index in [-0.39, 0.29) is 48.5 Å². The van der Waals surface area contributed by atoms with E-state index in [1.807, 2.05) is 18.7 Å². The van der Waals surface area contributed by atoms with Crippen molar-refractivity contribution in [2.24, 2.45) is 29.4 Å². The number of hydrogen-bond acceptors (Lipinski definition) is 8. The third-order valence-electron chi connectivity index (χ3n) is 10.4. The Morgan fingerprint density at radius 2 is 1.68 bits per heavy atom. The second-order valence-corrected chi connectivity index (χ2v) is 13.5. The zero-order valence-corrected chi connectivity index (χ0v) is 27.9. The minimum atomic E-state index is -0.618. The molecular formula is C36H52FN3O7. The molecular weight excluding hydrogens is 605 g/mol. The van der Waals surface area contributed by atoms with Crippen LogP contribution in [0.1, 0.15) is 88.6 Å². The van der Waals surface area contributed by atoms with Gasteiger partial charge in [-0.25, -0.2) is 9.18 Å². The second-order valence-electron chi connectivity index (χ2n) is 13.5. The number of nitrogens with two attached hydrogens (primary N) is 1. The fourth-order valence-corrected chi connectivity index (χ4v) is 7.87. The molecule has 2 amide bonds. The van der Waals surface area contributed by atoms with Gasteiger partial charge in [0.05, 0.1) is 13.2 Å². The fraction of sp³-hybridized carbons (Fsp3) is 0.694. The molecule has 2 aliphatic carbocycles. The van der Waals surface area contributed by atoms with Crippen LogP contribution in [0, 0.1) is 23.7 Å². The Morgan fingerprint density at radius 3 is 2.34 bits per heavy atom. The molecule has 0 spiro atoms. The number of furan rings is 1. The first-order chi connectivity index (χ1) is 22.8. The molecule has 3 aliphatic rings. The number of nitrogens with one attached hydrogen (secondary N) is 1. The van der Waals surface area contributed by atoms with Crippen LogP contribution < -0.4 is 11.1 Å². The summed E-state index contributed by atoms with van der Waals surface area (Å²) in [4.78, 5) is 42.8. The molecule has 47 heavy (non-hydrogen) atoms. The summed E-state index contributed by atoms with van der Waals surface area (Å²) in [6.45, 7) is 5.18. The zero-order chi connectivity index (χ0) is 33.3. The molecule has 2 saturated carbocycles. The molecule has 0 bridgehead atoms. The minimum absolute atomic E-state index is 0.0381. The van der Waals surface area contributed by atoms with Crippen LogP contribution in [0.5, 0.6) is 0 Å². The molecule has 3 fully saturated rings. The summed E-state index contributed by atoms with van der Waals surface area (Å²) in [6.07, 6.45) is 8.76. The number of nitrogens with zero attached hydrogens (tertiary/aromatic N) is 1. The van der Waals surface area contributed by atoms with Crippen LogP contribution in [0.2, 0.25) is 0 Å². The Kier molecular flexibility index (Phi) is 12.7. The summed E-state index contributed by atoms with van der Waals surface area (Å²) >= 11 is 0. The number of benzene rings is 1.